The molecule has 5 heteroatoms. The highest BCUT2D eigenvalue weighted by Gasteiger charge is 2.30. The van der Waals surface area contributed by atoms with Gasteiger partial charge >= 0.3 is 0 Å². The SMILES string of the molecule is CN1CC(NC(=O)C2CCCCN2)CC1=O. The number of piperidine rings is 1. The van der Waals surface area contributed by atoms with Crippen molar-refractivity contribution < 1.29 is 9.59 Å². The first kappa shape index (κ1) is 11.4. The van der Waals surface area contributed by atoms with Crippen molar-refractivity contribution in [2.24, 2.45) is 0 Å². The van der Waals surface area contributed by atoms with E-state index >= 15 is 0 Å². The molecule has 2 aliphatic heterocycles. The number of carbonyl (C=O) groups excluding carboxylic acids is 2. The van der Waals surface area contributed by atoms with Crippen molar-refractivity contribution in [3.8, 4) is 0 Å². The van der Waals surface area contributed by atoms with Crippen molar-refractivity contribution in [3.63, 3.8) is 0 Å². The van der Waals surface area contributed by atoms with E-state index in [0.717, 1.165) is 25.8 Å². The van der Waals surface area contributed by atoms with E-state index in [9.17, 15) is 9.59 Å². The van der Waals surface area contributed by atoms with Crippen LogP contribution in [0.3, 0.4) is 0 Å². The van der Waals surface area contributed by atoms with E-state index in [2.05, 4.69) is 10.6 Å². The monoisotopic (exact) mass is 225 g/mol. The van der Waals surface area contributed by atoms with Crippen LogP contribution in [0.15, 0.2) is 0 Å². The van der Waals surface area contributed by atoms with Crippen LogP contribution < -0.4 is 10.6 Å². The first-order chi connectivity index (χ1) is 7.66. The molecule has 0 saturated carbocycles. The molecule has 0 aromatic carbocycles. The van der Waals surface area contributed by atoms with Crippen LogP contribution in [0.5, 0.6) is 0 Å². The highest BCUT2D eigenvalue weighted by molar-refractivity contribution is 5.84. The van der Waals surface area contributed by atoms with Crippen molar-refractivity contribution in [1.82, 2.24) is 15.5 Å². The molecule has 2 heterocycles. The van der Waals surface area contributed by atoms with Crippen LogP contribution in [0.25, 0.3) is 0 Å². The molecular weight excluding hydrogens is 206 g/mol. The number of carbonyl (C=O) groups is 2. The van der Waals surface area contributed by atoms with Gasteiger partial charge in [-0.2, -0.15) is 0 Å². The molecule has 0 radical (unpaired) electrons. The van der Waals surface area contributed by atoms with Crippen LogP contribution in [0.2, 0.25) is 0 Å². The van der Waals surface area contributed by atoms with Gasteiger partial charge in [-0.15, -0.1) is 0 Å². The predicted molar refractivity (Wildman–Crippen MR) is 59.8 cm³/mol. The second-order valence-electron chi connectivity index (χ2n) is 4.69. The zero-order valence-corrected chi connectivity index (χ0v) is 9.66. The van der Waals surface area contributed by atoms with Gasteiger partial charge in [0.05, 0.1) is 12.1 Å². The van der Waals surface area contributed by atoms with E-state index in [1.165, 1.54) is 0 Å². The van der Waals surface area contributed by atoms with Crippen molar-refractivity contribution in [3.05, 3.63) is 0 Å². The van der Waals surface area contributed by atoms with Crippen molar-refractivity contribution in [1.29, 1.82) is 0 Å². The lowest BCUT2D eigenvalue weighted by molar-refractivity contribution is -0.126. The largest absolute Gasteiger partial charge is 0.350 e. The number of amides is 2. The Labute approximate surface area is 95.6 Å². The molecule has 2 N–H and O–H groups in total. The molecule has 2 fully saturated rings. The minimum Gasteiger partial charge on any atom is -0.350 e. The summed E-state index contributed by atoms with van der Waals surface area (Å²) < 4.78 is 0. The fourth-order valence-corrected chi connectivity index (χ4v) is 2.34. The second-order valence-corrected chi connectivity index (χ2v) is 4.69. The molecule has 16 heavy (non-hydrogen) atoms. The minimum atomic E-state index is -0.0604. The summed E-state index contributed by atoms with van der Waals surface area (Å²) in [6, 6.07) is -0.0662. The van der Waals surface area contributed by atoms with Gasteiger partial charge in [0.15, 0.2) is 0 Å². The molecule has 2 unspecified atom stereocenters. The Hall–Kier alpha value is -1.10. The summed E-state index contributed by atoms with van der Waals surface area (Å²) in [5.74, 6) is 0.162. The van der Waals surface area contributed by atoms with Gasteiger partial charge in [-0.25, -0.2) is 0 Å². The van der Waals surface area contributed by atoms with E-state index < -0.39 is 0 Å². The molecule has 0 aliphatic carbocycles. The Balaban J connectivity index is 1.81. The van der Waals surface area contributed by atoms with Crippen LogP contribution in [0, 0.1) is 0 Å². The Morgan fingerprint density at radius 3 is 2.88 bits per heavy atom. The predicted octanol–water partition coefficient (Wildman–Crippen LogP) is -0.525. The van der Waals surface area contributed by atoms with E-state index in [-0.39, 0.29) is 23.9 Å². The Morgan fingerprint density at radius 2 is 2.31 bits per heavy atom. The lowest BCUT2D eigenvalue weighted by Crippen LogP contribution is -2.50. The van der Waals surface area contributed by atoms with Crippen LogP contribution in [-0.4, -0.2) is 48.9 Å². The third-order valence-corrected chi connectivity index (χ3v) is 3.31. The lowest BCUT2D eigenvalue weighted by Gasteiger charge is -2.24. The molecule has 0 bridgehead atoms. The zero-order chi connectivity index (χ0) is 11.5. The number of rotatable bonds is 2. The van der Waals surface area contributed by atoms with E-state index in [4.69, 9.17) is 0 Å². The van der Waals surface area contributed by atoms with Gasteiger partial charge in [-0.3, -0.25) is 9.59 Å². The summed E-state index contributed by atoms with van der Waals surface area (Å²) in [5, 5.41) is 6.15. The Kier molecular flexibility index (Phi) is 3.43. The molecule has 0 aromatic heterocycles. The van der Waals surface area contributed by atoms with Gasteiger partial charge in [-0.05, 0) is 19.4 Å². The average molecular weight is 225 g/mol. The Bertz CT molecular complexity index is 287. The maximum Gasteiger partial charge on any atom is 0.237 e. The average Bonchev–Trinajstić information content (AvgIpc) is 2.59. The summed E-state index contributed by atoms with van der Waals surface area (Å²) >= 11 is 0. The fourth-order valence-electron chi connectivity index (χ4n) is 2.34. The van der Waals surface area contributed by atoms with Gasteiger partial charge in [0, 0.05) is 20.0 Å². The number of nitrogens with one attached hydrogen (secondary N) is 2. The lowest BCUT2D eigenvalue weighted by atomic mass is 10.0. The van der Waals surface area contributed by atoms with Crippen LogP contribution in [0.1, 0.15) is 25.7 Å². The quantitative estimate of drug-likeness (QED) is 0.664. The third kappa shape index (κ3) is 2.52. The van der Waals surface area contributed by atoms with Crippen molar-refractivity contribution >= 4 is 11.8 Å². The molecular formula is C11H19N3O2. The highest BCUT2D eigenvalue weighted by atomic mass is 16.2. The topological polar surface area (TPSA) is 61.4 Å². The van der Waals surface area contributed by atoms with Gasteiger partial charge < -0.3 is 15.5 Å². The molecule has 90 valence electrons. The number of likely N-dealkylation sites (tertiary alicyclic amines) is 1. The molecule has 2 atom stereocenters. The fraction of sp³-hybridized carbons (Fsp3) is 0.818. The summed E-state index contributed by atoms with van der Waals surface area (Å²) in [6.07, 6.45) is 3.60. The third-order valence-electron chi connectivity index (χ3n) is 3.31. The van der Waals surface area contributed by atoms with Crippen LogP contribution in [-0.2, 0) is 9.59 Å². The van der Waals surface area contributed by atoms with Gasteiger partial charge in [0.2, 0.25) is 11.8 Å². The smallest absolute Gasteiger partial charge is 0.237 e. The first-order valence-corrected chi connectivity index (χ1v) is 5.94. The van der Waals surface area contributed by atoms with E-state index in [1.54, 1.807) is 11.9 Å². The second kappa shape index (κ2) is 4.82. The summed E-state index contributed by atoms with van der Waals surface area (Å²) in [6.45, 7) is 1.55. The zero-order valence-electron chi connectivity index (χ0n) is 9.66. The standard InChI is InChI=1S/C11H19N3O2/c1-14-7-8(6-10(14)15)13-11(16)9-4-2-3-5-12-9/h8-9,12H,2-7H2,1H3,(H,13,16). The molecule has 0 aromatic rings. The molecule has 2 aliphatic rings. The van der Waals surface area contributed by atoms with E-state index in [0.29, 0.717) is 13.0 Å². The Morgan fingerprint density at radius 1 is 1.50 bits per heavy atom. The van der Waals surface area contributed by atoms with Crippen LogP contribution >= 0.6 is 0 Å². The summed E-state index contributed by atoms with van der Waals surface area (Å²) in [4.78, 5) is 24.8. The summed E-state index contributed by atoms with van der Waals surface area (Å²) in [7, 11) is 1.77. The first-order valence-electron chi connectivity index (χ1n) is 5.94. The minimum absolute atomic E-state index is 0.00581. The molecule has 0 spiro atoms. The number of hydrogen-bond donors (Lipinski definition) is 2. The molecule has 2 saturated heterocycles. The summed E-state index contributed by atoms with van der Waals surface area (Å²) in [5.41, 5.74) is 0. The van der Waals surface area contributed by atoms with Crippen molar-refractivity contribution in [2.45, 2.75) is 37.8 Å². The maximum absolute atomic E-state index is 11.9. The molecule has 2 rings (SSSR count). The van der Waals surface area contributed by atoms with Gasteiger partial charge in [-0.1, -0.05) is 6.42 Å². The number of hydrogen-bond acceptors (Lipinski definition) is 3. The normalized spacial score (nSPS) is 30.6. The van der Waals surface area contributed by atoms with E-state index in [1.807, 2.05) is 0 Å². The van der Waals surface area contributed by atoms with Crippen LogP contribution in [0.4, 0.5) is 0 Å². The van der Waals surface area contributed by atoms with Gasteiger partial charge in [0.25, 0.3) is 0 Å². The number of nitrogens with zero attached hydrogens (tertiary/aromatic N) is 1. The maximum atomic E-state index is 11.9. The van der Waals surface area contributed by atoms with Gasteiger partial charge in [0.1, 0.15) is 0 Å². The molecule has 2 amide bonds. The number of likely N-dealkylation sites (N-methyl/N-ethyl adjacent to an activating group) is 1. The van der Waals surface area contributed by atoms with Crippen molar-refractivity contribution in [2.75, 3.05) is 20.1 Å². The highest BCUT2D eigenvalue weighted by Crippen LogP contribution is 2.11. The molecule has 5 nitrogen and oxygen atoms in total.